The van der Waals surface area contributed by atoms with Crippen LogP contribution in [0.25, 0.3) is 16.9 Å². The minimum atomic E-state index is 0.821. The molecule has 17 heavy (non-hydrogen) atoms. The number of imidazole rings is 1. The maximum atomic E-state index is 4.52. The first-order valence-corrected chi connectivity index (χ1v) is 6.11. The molecule has 0 aliphatic carbocycles. The molecule has 0 aliphatic heterocycles. The van der Waals surface area contributed by atoms with Gasteiger partial charge < -0.3 is 0 Å². The van der Waals surface area contributed by atoms with Gasteiger partial charge >= 0.3 is 0 Å². The SMILES string of the molecule is Cc1cccc(-c2nc(Br)c3cccnn23)c1. The van der Waals surface area contributed by atoms with Gasteiger partial charge in [-0.1, -0.05) is 23.8 Å². The average Bonchev–Trinajstić information content (AvgIpc) is 2.68. The van der Waals surface area contributed by atoms with Gasteiger partial charge in [0, 0.05) is 11.8 Å². The predicted octanol–water partition coefficient (Wildman–Crippen LogP) is 3.47. The second-order valence-electron chi connectivity index (χ2n) is 3.92. The largest absolute Gasteiger partial charge is 0.219 e. The number of aryl methyl sites for hydroxylation is 1. The highest BCUT2D eigenvalue weighted by Gasteiger charge is 2.11. The Morgan fingerprint density at radius 2 is 2.06 bits per heavy atom. The molecule has 4 heteroatoms. The summed E-state index contributed by atoms with van der Waals surface area (Å²) in [6.45, 7) is 2.07. The van der Waals surface area contributed by atoms with Gasteiger partial charge in [-0.3, -0.25) is 0 Å². The average molecular weight is 288 g/mol. The van der Waals surface area contributed by atoms with Crippen molar-refractivity contribution in [2.24, 2.45) is 0 Å². The van der Waals surface area contributed by atoms with E-state index in [0.717, 1.165) is 21.5 Å². The lowest BCUT2D eigenvalue weighted by Gasteiger charge is -2.00. The zero-order valence-corrected chi connectivity index (χ0v) is 10.8. The van der Waals surface area contributed by atoms with Crippen LogP contribution in [0.5, 0.6) is 0 Å². The smallest absolute Gasteiger partial charge is 0.162 e. The van der Waals surface area contributed by atoms with Crippen molar-refractivity contribution >= 4 is 21.4 Å². The van der Waals surface area contributed by atoms with Crippen molar-refractivity contribution in [2.45, 2.75) is 6.92 Å². The lowest BCUT2D eigenvalue weighted by molar-refractivity contribution is 0.935. The molecule has 0 amide bonds. The zero-order valence-electron chi connectivity index (χ0n) is 9.26. The van der Waals surface area contributed by atoms with E-state index in [1.165, 1.54) is 5.56 Å². The fourth-order valence-electron chi connectivity index (χ4n) is 1.87. The van der Waals surface area contributed by atoms with E-state index >= 15 is 0 Å². The standard InChI is InChI=1S/C13H10BrN3/c1-9-4-2-5-10(8-9)13-16-12(14)11-6-3-7-15-17(11)13/h2-8H,1H3. The summed E-state index contributed by atoms with van der Waals surface area (Å²) in [6, 6.07) is 12.1. The van der Waals surface area contributed by atoms with Crippen molar-refractivity contribution in [2.75, 3.05) is 0 Å². The molecule has 3 nitrogen and oxygen atoms in total. The normalized spacial score (nSPS) is 10.9. The number of aromatic nitrogens is 3. The third-order valence-electron chi connectivity index (χ3n) is 2.64. The summed E-state index contributed by atoms with van der Waals surface area (Å²) in [5, 5.41) is 4.33. The van der Waals surface area contributed by atoms with Gasteiger partial charge in [0.15, 0.2) is 5.82 Å². The number of benzene rings is 1. The van der Waals surface area contributed by atoms with Gasteiger partial charge in [0.1, 0.15) is 4.60 Å². The summed E-state index contributed by atoms with van der Waals surface area (Å²) in [7, 11) is 0. The molecule has 0 atom stereocenters. The maximum absolute atomic E-state index is 4.52. The highest BCUT2D eigenvalue weighted by atomic mass is 79.9. The molecule has 0 unspecified atom stereocenters. The van der Waals surface area contributed by atoms with E-state index in [9.17, 15) is 0 Å². The van der Waals surface area contributed by atoms with Crippen LogP contribution in [0.4, 0.5) is 0 Å². The molecule has 0 saturated heterocycles. The van der Waals surface area contributed by atoms with Crippen LogP contribution >= 0.6 is 15.9 Å². The summed E-state index contributed by atoms with van der Waals surface area (Å²) in [6.07, 6.45) is 1.76. The summed E-state index contributed by atoms with van der Waals surface area (Å²) in [4.78, 5) is 4.52. The van der Waals surface area contributed by atoms with Gasteiger partial charge in [-0.25, -0.2) is 9.50 Å². The monoisotopic (exact) mass is 287 g/mol. The second kappa shape index (κ2) is 3.96. The Morgan fingerprint density at radius 1 is 1.18 bits per heavy atom. The molecular weight excluding hydrogens is 278 g/mol. The molecule has 3 rings (SSSR count). The van der Waals surface area contributed by atoms with E-state index in [1.54, 1.807) is 6.20 Å². The van der Waals surface area contributed by atoms with Gasteiger partial charge in [-0.15, -0.1) is 0 Å². The van der Waals surface area contributed by atoms with Crippen LogP contribution in [0, 0.1) is 6.92 Å². The zero-order chi connectivity index (χ0) is 11.8. The highest BCUT2D eigenvalue weighted by molar-refractivity contribution is 9.10. The number of fused-ring (bicyclic) bond motifs is 1. The Bertz CT molecular complexity index is 688. The van der Waals surface area contributed by atoms with Gasteiger partial charge in [-0.2, -0.15) is 5.10 Å². The van der Waals surface area contributed by atoms with Crippen molar-refractivity contribution in [1.29, 1.82) is 0 Å². The van der Waals surface area contributed by atoms with Gasteiger partial charge in [0.05, 0.1) is 5.52 Å². The quantitative estimate of drug-likeness (QED) is 0.686. The van der Waals surface area contributed by atoms with E-state index in [1.807, 2.05) is 28.8 Å². The van der Waals surface area contributed by atoms with E-state index in [2.05, 4.69) is 45.1 Å². The van der Waals surface area contributed by atoms with E-state index in [-0.39, 0.29) is 0 Å². The number of hydrogen-bond donors (Lipinski definition) is 0. The number of hydrogen-bond acceptors (Lipinski definition) is 2. The first-order chi connectivity index (χ1) is 8.25. The molecule has 0 saturated carbocycles. The number of halogens is 1. The molecule has 84 valence electrons. The minimum Gasteiger partial charge on any atom is -0.219 e. The van der Waals surface area contributed by atoms with Crippen molar-refractivity contribution in [1.82, 2.24) is 14.6 Å². The molecule has 0 radical (unpaired) electrons. The summed E-state index contributed by atoms with van der Waals surface area (Å²) in [5.41, 5.74) is 3.26. The Morgan fingerprint density at radius 3 is 2.88 bits per heavy atom. The first kappa shape index (κ1) is 10.5. The summed E-state index contributed by atoms with van der Waals surface area (Å²) in [5.74, 6) is 0.858. The summed E-state index contributed by atoms with van der Waals surface area (Å²) < 4.78 is 2.67. The molecule has 2 aromatic heterocycles. The maximum Gasteiger partial charge on any atom is 0.162 e. The van der Waals surface area contributed by atoms with Crippen LogP contribution in [-0.2, 0) is 0 Å². The molecule has 0 spiro atoms. The first-order valence-electron chi connectivity index (χ1n) is 5.32. The Balaban J connectivity index is 2.31. The molecule has 3 aromatic rings. The predicted molar refractivity (Wildman–Crippen MR) is 70.9 cm³/mol. The molecule has 0 aliphatic rings. The lowest BCUT2D eigenvalue weighted by atomic mass is 10.1. The van der Waals surface area contributed by atoms with Crippen LogP contribution in [0.1, 0.15) is 5.56 Å². The Kier molecular flexibility index (Phi) is 2.44. The Hall–Kier alpha value is -1.68. The highest BCUT2D eigenvalue weighted by Crippen LogP contribution is 2.25. The van der Waals surface area contributed by atoms with E-state index in [0.29, 0.717) is 0 Å². The fourth-order valence-corrected chi connectivity index (χ4v) is 2.33. The second-order valence-corrected chi connectivity index (χ2v) is 4.67. The van der Waals surface area contributed by atoms with Crippen LogP contribution in [-0.4, -0.2) is 14.6 Å². The molecule has 1 aromatic carbocycles. The Labute approximate surface area is 107 Å². The third-order valence-corrected chi connectivity index (χ3v) is 3.23. The van der Waals surface area contributed by atoms with Crippen molar-refractivity contribution in [3.8, 4) is 11.4 Å². The van der Waals surface area contributed by atoms with E-state index < -0.39 is 0 Å². The van der Waals surface area contributed by atoms with Gasteiger partial charge in [0.25, 0.3) is 0 Å². The van der Waals surface area contributed by atoms with Crippen LogP contribution in [0.15, 0.2) is 47.2 Å². The molecule has 2 heterocycles. The number of nitrogens with zero attached hydrogens (tertiary/aromatic N) is 3. The number of rotatable bonds is 1. The van der Waals surface area contributed by atoms with Crippen LogP contribution < -0.4 is 0 Å². The molecule has 0 bridgehead atoms. The van der Waals surface area contributed by atoms with Crippen molar-refractivity contribution in [3.63, 3.8) is 0 Å². The summed E-state index contributed by atoms with van der Waals surface area (Å²) >= 11 is 3.46. The third kappa shape index (κ3) is 1.74. The van der Waals surface area contributed by atoms with Crippen LogP contribution in [0.2, 0.25) is 0 Å². The molecular formula is C13H10BrN3. The van der Waals surface area contributed by atoms with Crippen molar-refractivity contribution < 1.29 is 0 Å². The van der Waals surface area contributed by atoms with Gasteiger partial charge in [-0.05, 0) is 41.1 Å². The molecule has 0 N–H and O–H groups in total. The van der Waals surface area contributed by atoms with E-state index in [4.69, 9.17) is 0 Å². The minimum absolute atomic E-state index is 0.821. The topological polar surface area (TPSA) is 30.2 Å². The fraction of sp³-hybridized carbons (Fsp3) is 0.0769. The molecule has 0 fully saturated rings. The van der Waals surface area contributed by atoms with Gasteiger partial charge in [0.2, 0.25) is 0 Å². The van der Waals surface area contributed by atoms with Crippen molar-refractivity contribution in [3.05, 3.63) is 52.8 Å². The lowest BCUT2D eigenvalue weighted by Crippen LogP contribution is -1.93. The van der Waals surface area contributed by atoms with Crippen LogP contribution in [0.3, 0.4) is 0 Å².